The molecule has 4 heteroatoms. The largest absolute Gasteiger partial charge is 0.399 e. The second-order valence-corrected chi connectivity index (χ2v) is 5.23. The molecule has 0 radical (unpaired) electrons. The third-order valence-electron chi connectivity index (χ3n) is 3.56. The molecule has 4 nitrogen and oxygen atoms in total. The highest BCUT2D eigenvalue weighted by molar-refractivity contribution is 6.00. The molecule has 0 spiro atoms. The lowest BCUT2D eigenvalue weighted by Gasteiger charge is -2.31. The molecule has 0 saturated carbocycles. The predicted molar refractivity (Wildman–Crippen MR) is 81.6 cm³/mol. The molecule has 106 valence electrons. The quantitative estimate of drug-likeness (QED) is 0.802. The lowest BCUT2D eigenvalue weighted by Crippen LogP contribution is -2.35. The van der Waals surface area contributed by atoms with Crippen LogP contribution < -0.4 is 16.0 Å². The number of hydrogen-bond donors (Lipinski definition) is 2. The molecule has 1 atom stereocenters. The minimum Gasteiger partial charge on any atom is -0.399 e. The second-order valence-electron chi connectivity index (χ2n) is 5.23. The summed E-state index contributed by atoms with van der Waals surface area (Å²) in [6.45, 7) is 9.01. The van der Waals surface area contributed by atoms with Gasteiger partial charge in [0.15, 0.2) is 0 Å². The fraction of sp³-hybridized carbons (Fsp3) is 0.533. The summed E-state index contributed by atoms with van der Waals surface area (Å²) in [5, 5.41) is 2.84. The van der Waals surface area contributed by atoms with Gasteiger partial charge in [-0.2, -0.15) is 0 Å². The lowest BCUT2D eigenvalue weighted by atomic mass is 10.0. The number of amides is 1. The van der Waals surface area contributed by atoms with Gasteiger partial charge in [-0.05, 0) is 38.0 Å². The lowest BCUT2D eigenvalue weighted by molar-refractivity contribution is 0.0956. The van der Waals surface area contributed by atoms with E-state index >= 15 is 0 Å². The third kappa shape index (κ3) is 3.63. The Morgan fingerprint density at radius 2 is 2.00 bits per heavy atom. The Labute approximate surface area is 116 Å². The van der Waals surface area contributed by atoms with E-state index in [1.807, 2.05) is 20.0 Å². The molecule has 0 bridgehead atoms. The molecule has 0 saturated heterocycles. The molecule has 1 rings (SSSR count). The van der Waals surface area contributed by atoms with Gasteiger partial charge in [0.2, 0.25) is 0 Å². The molecular formula is C15H25N3O. The van der Waals surface area contributed by atoms with E-state index in [-0.39, 0.29) is 5.91 Å². The molecule has 0 aromatic heterocycles. The summed E-state index contributed by atoms with van der Waals surface area (Å²) in [7, 11) is 2.00. The van der Waals surface area contributed by atoms with Crippen LogP contribution in [-0.2, 0) is 0 Å². The van der Waals surface area contributed by atoms with Crippen LogP contribution in [0.25, 0.3) is 0 Å². The van der Waals surface area contributed by atoms with Gasteiger partial charge >= 0.3 is 0 Å². The van der Waals surface area contributed by atoms with Crippen molar-refractivity contribution in [3.63, 3.8) is 0 Å². The monoisotopic (exact) mass is 263 g/mol. The zero-order chi connectivity index (χ0) is 14.6. The van der Waals surface area contributed by atoms with Crippen molar-refractivity contribution in [2.24, 2.45) is 5.92 Å². The summed E-state index contributed by atoms with van der Waals surface area (Å²) in [5.74, 6) is 0.439. The van der Waals surface area contributed by atoms with Crippen molar-refractivity contribution >= 4 is 17.3 Å². The molecule has 0 aliphatic carbocycles. The Bertz CT molecular complexity index is 443. The van der Waals surface area contributed by atoms with Crippen molar-refractivity contribution in [2.75, 3.05) is 24.2 Å². The van der Waals surface area contributed by atoms with Crippen molar-refractivity contribution in [3.8, 4) is 0 Å². The highest BCUT2D eigenvalue weighted by Crippen LogP contribution is 2.26. The Morgan fingerprint density at radius 3 is 2.53 bits per heavy atom. The van der Waals surface area contributed by atoms with Gasteiger partial charge in [-0.3, -0.25) is 4.79 Å². The number of nitrogens with one attached hydrogen (secondary N) is 1. The van der Waals surface area contributed by atoms with Crippen molar-refractivity contribution in [1.82, 2.24) is 5.32 Å². The van der Waals surface area contributed by atoms with Crippen LogP contribution in [0.15, 0.2) is 18.2 Å². The summed E-state index contributed by atoms with van der Waals surface area (Å²) in [4.78, 5) is 14.2. The van der Waals surface area contributed by atoms with Gasteiger partial charge in [0.25, 0.3) is 5.91 Å². The van der Waals surface area contributed by atoms with E-state index in [1.165, 1.54) is 0 Å². The summed E-state index contributed by atoms with van der Waals surface area (Å²) in [6, 6.07) is 5.75. The van der Waals surface area contributed by atoms with E-state index in [0.29, 0.717) is 29.8 Å². The first kappa shape index (κ1) is 15.3. The van der Waals surface area contributed by atoms with Crippen LogP contribution >= 0.6 is 0 Å². The van der Waals surface area contributed by atoms with E-state index in [0.717, 1.165) is 5.69 Å². The van der Waals surface area contributed by atoms with Gasteiger partial charge in [-0.15, -0.1) is 0 Å². The third-order valence-corrected chi connectivity index (χ3v) is 3.56. The van der Waals surface area contributed by atoms with Crippen LogP contribution in [0.3, 0.4) is 0 Å². The average Bonchev–Trinajstić information content (AvgIpc) is 2.36. The molecule has 1 amide bonds. The average molecular weight is 263 g/mol. The maximum absolute atomic E-state index is 12.1. The van der Waals surface area contributed by atoms with Gasteiger partial charge in [-0.1, -0.05) is 13.8 Å². The molecular weight excluding hydrogens is 238 g/mol. The van der Waals surface area contributed by atoms with Crippen LogP contribution in [0, 0.1) is 5.92 Å². The molecule has 19 heavy (non-hydrogen) atoms. The van der Waals surface area contributed by atoms with Gasteiger partial charge in [-0.25, -0.2) is 0 Å². The first-order valence-electron chi connectivity index (χ1n) is 6.79. The number of nitrogens with zero attached hydrogens (tertiary/aromatic N) is 1. The molecule has 3 N–H and O–H groups in total. The molecule has 1 unspecified atom stereocenters. The van der Waals surface area contributed by atoms with Crippen molar-refractivity contribution in [3.05, 3.63) is 23.8 Å². The maximum atomic E-state index is 12.1. The zero-order valence-electron chi connectivity index (χ0n) is 12.5. The number of anilines is 2. The molecule has 0 heterocycles. The van der Waals surface area contributed by atoms with Crippen LogP contribution in [0.5, 0.6) is 0 Å². The standard InChI is InChI=1S/C15H25N3O/c1-6-17-15(19)13-8-7-12(16)9-14(13)18(5)11(4)10(2)3/h7-11H,6,16H2,1-5H3,(H,17,19). The van der Waals surface area contributed by atoms with Gasteiger partial charge in [0.05, 0.1) is 11.3 Å². The van der Waals surface area contributed by atoms with Crippen LogP contribution in [0.2, 0.25) is 0 Å². The number of hydrogen-bond acceptors (Lipinski definition) is 3. The minimum atomic E-state index is -0.0553. The Morgan fingerprint density at radius 1 is 1.37 bits per heavy atom. The van der Waals surface area contributed by atoms with Gasteiger partial charge in [0.1, 0.15) is 0 Å². The fourth-order valence-corrected chi connectivity index (χ4v) is 1.95. The highest BCUT2D eigenvalue weighted by Gasteiger charge is 2.19. The first-order chi connectivity index (χ1) is 8.88. The summed E-state index contributed by atoms with van der Waals surface area (Å²) in [5.41, 5.74) is 8.08. The first-order valence-corrected chi connectivity index (χ1v) is 6.79. The predicted octanol–water partition coefficient (Wildman–Crippen LogP) is 2.50. The zero-order valence-corrected chi connectivity index (χ0v) is 12.5. The van der Waals surface area contributed by atoms with E-state index in [1.54, 1.807) is 12.1 Å². The molecule has 1 aromatic rings. The van der Waals surface area contributed by atoms with E-state index < -0.39 is 0 Å². The fourth-order valence-electron chi connectivity index (χ4n) is 1.95. The van der Waals surface area contributed by atoms with Gasteiger partial charge in [0, 0.05) is 25.3 Å². The van der Waals surface area contributed by atoms with Crippen LogP contribution in [0.1, 0.15) is 38.1 Å². The van der Waals surface area contributed by atoms with E-state index in [4.69, 9.17) is 5.73 Å². The smallest absolute Gasteiger partial charge is 0.253 e. The minimum absolute atomic E-state index is 0.0553. The normalized spacial score (nSPS) is 12.3. The number of carbonyl (C=O) groups excluding carboxylic acids is 1. The van der Waals surface area contributed by atoms with Crippen molar-refractivity contribution in [1.29, 1.82) is 0 Å². The molecule has 0 fully saturated rings. The number of benzene rings is 1. The number of carbonyl (C=O) groups is 1. The second kappa shape index (κ2) is 6.45. The highest BCUT2D eigenvalue weighted by atomic mass is 16.1. The number of nitrogens with two attached hydrogens (primary N) is 1. The van der Waals surface area contributed by atoms with Gasteiger partial charge < -0.3 is 16.0 Å². The Balaban J connectivity index is 3.17. The maximum Gasteiger partial charge on any atom is 0.253 e. The number of nitrogen functional groups attached to an aromatic ring is 1. The summed E-state index contributed by atoms with van der Waals surface area (Å²) >= 11 is 0. The topological polar surface area (TPSA) is 58.4 Å². The summed E-state index contributed by atoms with van der Waals surface area (Å²) < 4.78 is 0. The van der Waals surface area contributed by atoms with E-state index in [9.17, 15) is 4.79 Å². The van der Waals surface area contributed by atoms with Crippen molar-refractivity contribution in [2.45, 2.75) is 33.7 Å². The van der Waals surface area contributed by atoms with Crippen molar-refractivity contribution < 1.29 is 4.79 Å². The van der Waals surface area contributed by atoms with Crippen LogP contribution in [0.4, 0.5) is 11.4 Å². The van der Waals surface area contributed by atoms with Crippen LogP contribution in [-0.4, -0.2) is 25.5 Å². The number of rotatable bonds is 5. The molecule has 0 aliphatic heterocycles. The molecule has 1 aromatic carbocycles. The SMILES string of the molecule is CCNC(=O)c1ccc(N)cc1N(C)C(C)C(C)C. The Kier molecular flexibility index (Phi) is 5.21. The summed E-state index contributed by atoms with van der Waals surface area (Å²) in [6.07, 6.45) is 0. The molecule has 0 aliphatic rings. The van der Waals surface area contributed by atoms with E-state index in [2.05, 4.69) is 31.0 Å². The Hall–Kier alpha value is -1.71.